The number of nitrogens with one attached hydrogen (secondary N) is 1. The number of anilines is 1. The number of hydrogen-bond donors (Lipinski definition) is 1. The number of piperazine rings is 1. The molecular weight excluding hydrogens is 362 g/mol. The van der Waals surface area contributed by atoms with Crippen LogP contribution in [-0.2, 0) is 11.3 Å². The highest BCUT2D eigenvalue weighted by atomic mass is 16.5. The van der Waals surface area contributed by atoms with Gasteiger partial charge in [0.15, 0.2) is 6.10 Å². The Kier molecular flexibility index (Phi) is 6.80. The summed E-state index contributed by atoms with van der Waals surface area (Å²) >= 11 is 0. The van der Waals surface area contributed by atoms with Crippen LogP contribution in [0.5, 0.6) is 5.75 Å². The largest absolute Gasteiger partial charge is 0.481 e. The number of carbonyl (C=O) groups excluding carboxylic acids is 1. The summed E-state index contributed by atoms with van der Waals surface area (Å²) in [7, 11) is 2.16. The van der Waals surface area contributed by atoms with E-state index in [1.54, 1.807) is 6.92 Å². The zero-order valence-electron chi connectivity index (χ0n) is 18.3. The third kappa shape index (κ3) is 5.51. The first-order chi connectivity index (χ1) is 13.8. The van der Waals surface area contributed by atoms with Gasteiger partial charge in [-0.3, -0.25) is 4.79 Å². The van der Waals surface area contributed by atoms with Crippen LogP contribution in [0, 0.1) is 20.8 Å². The standard InChI is InChI=1S/C24H33N3O2/c1-17-14-18(2)19(3)23(15-17)29-20(4)24(28)25-16-21-6-8-22(9-7-21)27-12-10-26(5)11-13-27/h6-9,14-15,20H,10-13,16H2,1-5H3,(H,25,28)/t20-/m0/s1. The van der Waals surface area contributed by atoms with E-state index in [4.69, 9.17) is 4.74 Å². The van der Waals surface area contributed by atoms with Gasteiger partial charge in [0.1, 0.15) is 5.75 Å². The Bertz CT molecular complexity index is 840. The van der Waals surface area contributed by atoms with Crippen molar-refractivity contribution in [1.29, 1.82) is 0 Å². The summed E-state index contributed by atoms with van der Waals surface area (Å²) in [5, 5.41) is 2.99. The molecular formula is C24H33N3O2. The molecule has 1 amide bonds. The molecule has 29 heavy (non-hydrogen) atoms. The van der Waals surface area contributed by atoms with Gasteiger partial charge in [-0.2, -0.15) is 0 Å². The molecule has 1 fully saturated rings. The topological polar surface area (TPSA) is 44.8 Å². The molecule has 0 spiro atoms. The van der Waals surface area contributed by atoms with Crippen molar-refractivity contribution >= 4 is 11.6 Å². The molecule has 1 N–H and O–H groups in total. The molecule has 5 heteroatoms. The number of hydrogen-bond acceptors (Lipinski definition) is 4. The molecule has 0 saturated carbocycles. The van der Waals surface area contributed by atoms with Crippen LogP contribution >= 0.6 is 0 Å². The second-order valence-electron chi connectivity index (χ2n) is 8.14. The summed E-state index contributed by atoms with van der Waals surface area (Å²) in [6, 6.07) is 12.6. The van der Waals surface area contributed by atoms with Crippen LogP contribution in [0.4, 0.5) is 5.69 Å². The predicted octanol–water partition coefficient (Wildman–Crippen LogP) is 3.45. The van der Waals surface area contributed by atoms with E-state index in [2.05, 4.69) is 59.4 Å². The molecule has 0 aliphatic carbocycles. The van der Waals surface area contributed by atoms with Crippen molar-refractivity contribution in [2.24, 2.45) is 0 Å². The molecule has 2 aromatic carbocycles. The number of nitrogens with zero attached hydrogens (tertiary/aromatic N) is 2. The van der Waals surface area contributed by atoms with Crippen LogP contribution < -0.4 is 15.0 Å². The Morgan fingerprint density at radius 2 is 1.72 bits per heavy atom. The quantitative estimate of drug-likeness (QED) is 0.814. The molecule has 1 aliphatic rings. The van der Waals surface area contributed by atoms with E-state index in [0.29, 0.717) is 6.54 Å². The Morgan fingerprint density at radius 3 is 2.38 bits per heavy atom. The third-order valence-electron chi connectivity index (χ3n) is 5.71. The van der Waals surface area contributed by atoms with Crippen LogP contribution in [0.15, 0.2) is 36.4 Å². The van der Waals surface area contributed by atoms with Gasteiger partial charge in [-0.25, -0.2) is 0 Å². The van der Waals surface area contributed by atoms with Crippen molar-refractivity contribution in [3.8, 4) is 5.75 Å². The van der Waals surface area contributed by atoms with Gasteiger partial charge < -0.3 is 19.9 Å². The van der Waals surface area contributed by atoms with Crippen molar-refractivity contribution < 1.29 is 9.53 Å². The van der Waals surface area contributed by atoms with E-state index in [0.717, 1.165) is 48.6 Å². The highest BCUT2D eigenvalue weighted by Crippen LogP contribution is 2.24. The van der Waals surface area contributed by atoms with Gasteiger partial charge in [0.25, 0.3) is 5.91 Å². The smallest absolute Gasteiger partial charge is 0.261 e. The van der Waals surface area contributed by atoms with E-state index in [1.807, 2.05) is 19.9 Å². The SMILES string of the molecule is Cc1cc(C)c(C)c(O[C@@H](C)C(=O)NCc2ccc(N3CCN(C)CC3)cc2)c1. The molecule has 2 aromatic rings. The second kappa shape index (κ2) is 9.31. The molecule has 0 bridgehead atoms. The molecule has 0 radical (unpaired) electrons. The summed E-state index contributed by atoms with van der Waals surface area (Å²) in [6.45, 7) is 12.7. The Labute approximate surface area is 174 Å². The molecule has 0 aromatic heterocycles. The lowest BCUT2D eigenvalue weighted by Gasteiger charge is -2.34. The molecule has 1 aliphatic heterocycles. The van der Waals surface area contributed by atoms with Crippen molar-refractivity contribution in [2.75, 3.05) is 38.1 Å². The van der Waals surface area contributed by atoms with Gasteiger partial charge in [-0.15, -0.1) is 0 Å². The maximum atomic E-state index is 12.5. The molecule has 3 rings (SSSR count). The maximum Gasteiger partial charge on any atom is 0.261 e. The van der Waals surface area contributed by atoms with Crippen LogP contribution in [-0.4, -0.2) is 50.1 Å². The first-order valence-corrected chi connectivity index (χ1v) is 10.4. The average molecular weight is 396 g/mol. The highest BCUT2D eigenvalue weighted by molar-refractivity contribution is 5.80. The molecule has 1 saturated heterocycles. The summed E-state index contributed by atoms with van der Waals surface area (Å²) in [5.41, 5.74) is 5.72. The Hall–Kier alpha value is -2.53. The number of rotatable bonds is 6. The fourth-order valence-corrected chi connectivity index (χ4v) is 3.59. The third-order valence-corrected chi connectivity index (χ3v) is 5.71. The van der Waals surface area contributed by atoms with E-state index >= 15 is 0 Å². The minimum atomic E-state index is -0.542. The summed E-state index contributed by atoms with van der Waals surface area (Å²) in [4.78, 5) is 17.3. The van der Waals surface area contributed by atoms with Crippen LogP contribution in [0.2, 0.25) is 0 Å². The Morgan fingerprint density at radius 1 is 1.07 bits per heavy atom. The van der Waals surface area contributed by atoms with Gasteiger partial charge in [-0.1, -0.05) is 18.2 Å². The summed E-state index contributed by atoms with van der Waals surface area (Å²) < 4.78 is 5.94. The van der Waals surface area contributed by atoms with Crippen molar-refractivity contribution in [3.63, 3.8) is 0 Å². The van der Waals surface area contributed by atoms with E-state index in [-0.39, 0.29) is 5.91 Å². The molecule has 5 nitrogen and oxygen atoms in total. The number of amides is 1. The lowest BCUT2D eigenvalue weighted by Crippen LogP contribution is -2.44. The number of likely N-dealkylation sites (N-methyl/N-ethyl adjacent to an activating group) is 1. The van der Waals surface area contributed by atoms with Gasteiger partial charge in [0.05, 0.1) is 0 Å². The summed E-state index contributed by atoms with van der Waals surface area (Å²) in [5.74, 6) is 0.674. The minimum Gasteiger partial charge on any atom is -0.481 e. The van der Waals surface area contributed by atoms with Crippen LogP contribution in [0.3, 0.4) is 0 Å². The van der Waals surface area contributed by atoms with E-state index in [9.17, 15) is 4.79 Å². The highest BCUT2D eigenvalue weighted by Gasteiger charge is 2.17. The second-order valence-corrected chi connectivity index (χ2v) is 8.14. The lowest BCUT2D eigenvalue weighted by molar-refractivity contribution is -0.127. The number of ether oxygens (including phenoxy) is 1. The van der Waals surface area contributed by atoms with Gasteiger partial charge >= 0.3 is 0 Å². The van der Waals surface area contributed by atoms with Gasteiger partial charge in [0, 0.05) is 38.4 Å². The fourth-order valence-electron chi connectivity index (χ4n) is 3.59. The monoisotopic (exact) mass is 395 g/mol. The van der Waals surface area contributed by atoms with Crippen LogP contribution in [0.1, 0.15) is 29.2 Å². The molecule has 1 atom stereocenters. The Balaban J connectivity index is 1.52. The van der Waals surface area contributed by atoms with Crippen molar-refractivity contribution in [1.82, 2.24) is 10.2 Å². The number of carbonyl (C=O) groups is 1. The van der Waals surface area contributed by atoms with E-state index < -0.39 is 6.10 Å². The first kappa shape index (κ1) is 21.2. The zero-order chi connectivity index (χ0) is 21.0. The molecule has 1 heterocycles. The number of aryl methyl sites for hydroxylation is 2. The predicted molar refractivity (Wildman–Crippen MR) is 119 cm³/mol. The first-order valence-electron chi connectivity index (χ1n) is 10.4. The van der Waals surface area contributed by atoms with Crippen molar-refractivity contribution in [3.05, 3.63) is 58.7 Å². The van der Waals surface area contributed by atoms with Crippen molar-refractivity contribution in [2.45, 2.75) is 40.3 Å². The van der Waals surface area contributed by atoms with Gasteiger partial charge in [0.2, 0.25) is 0 Å². The average Bonchev–Trinajstić information content (AvgIpc) is 2.70. The normalized spacial score (nSPS) is 15.8. The summed E-state index contributed by atoms with van der Waals surface area (Å²) in [6.07, 6.45) is -0.542. The van der Waals surface area contributed by atoms with Crippen LogP contribution in [0.25, 0.3) is 0 Å². The molecule has 0 unspecified atom stereocenters. The number of benzene rings is 2. The van der Waals surface area contributed by atoms with E-state index in [1.165, 1.54) is 11.3 Å². The molecule has 156 valence electrons. The van der Waals surface area contributed by atoms with Gasteiger partial charge in [-0.05, 0) is 75.2 Å². The minimum absolute atomic E-state index is 0.105. The lowest BCUT2D eigenvalue weighted by atomic mass is 10.1. The zero-order valence-corrected chi connectivity index (χ0v) is 18.3. The maximum absolute atomic E-state index is 12.5. The fraction of sp³-hybridized carbons (Fsp3) is 0.458.